The van der Waals surface area contributed by atoms with Gasteiger partial charge in [0.1, 0.15) is 0 Å². The minimum absolute atomic E-state index is 0.0243. The van der Waals surface area contributed by atoms with Crippen LogP contribution in [-0.2, 0) is 33.4 Å². The van der Waals surface area contributed by atoms with Gasteiger partial charge in [0.25, 0.3) is 5.09 Å². The molecule has 0 aromatic rings. The Morgan fingerprint density at radius 2 is 1.90 bits per heavy atom. The Morgan fingerprint density at radius 3 is 2.61 bits per heavy atom. The molecule has 4 aliphatic carbocycles. The number of aliphatic hydroxyl groups is 1. The van der Waals surface area contributed by atoms with Crippen molar-refractivity contribution in [2.24, 2.45) is 28.6 Å². The minimum Gasteiger partial charge on any atom is -0.435 e. The van der Waals surface area contributed by atoms with Crippen LogP contribution < -0.4 is 0 Å². The monoisotopic (exact) mass is 579 g/mol. The number of fused-ring (bicyclic) bond motifs is 5. The van der Waals surface area contributed by atoms with E-state index in [-0.39, 0.29) is 62.6 Å². The van der Waals surface area contributed by atoms with E-state index in [0.29, 0.717) is 19.3 Å². The van der Waals surface area contributed by atoms with Gasteiger partial charge >= 0.3 is 12.3 Å². The quantitative estimate of drug-likeness (QED) is 0.131. The van der Waals surface area contributed by atoms with Gasteiger partial charge in [-0.15, -0.1) is 10.1 Å². The third-order valence-corrected chi connectivity index (χ3v) is 9.57. The van der Waals surface area contributed by atoms with E-state index in [9.17, 15) is 34.4 Å². The van der Waals surface area contributed by atoms with Crippen LogP contribution in [0.1, 0.15) is 59.3 Å². The Labute approximate surface area is 237 Å². The highest BCUT2D eigenvalue weighted by Crippen LogP contribution is 2.67. The standard InChI is InChI=1S/C28H37NO12/c1-4-37-25(34)41-28(22(32)16-39-24(33)38-12-5-13-40-29(35)36)11-9-20-19-7-6-17-14-18(30)8-10-26(17,2)23(19)21(31)15-27(20,28)3/h6,8,10,19-21,23,31H,4-5,7,9,11-16H2,1-3H3/t19-,20-,21-,23+,26-,27-,28-/m0/s1. The van der Waals surface area contributed by atoms with Crippen molar-refractivity contribution in [1.29, 1.82) is 0 Å². The molecule has 0 saturated heterocycles. The molecular formula is C28H37NO12. The summed E-state index contributed by atoms with van der Waals surface area (Å²) in [6.07, 6.45) is 4.28. The van der Waals surface area contributed by atoms with Crippen LogP contribution in [0.2, 0.25) is 0 Å². The number of ether oxygens (including phenoxy) is 4. The number of carbonyl (C=O) groups excluding carboxylic acids is 4. The van der Waals surface area contributed by atoms with Crippen molar-refractivity contribution in [2.75, 3.05) is 26.4 Å². The van der Waals surface area contributed by atoms with E-state index in [1.54, 1.807) is 13.0 Å². The van der Waals surface area contributed by atoms with E-state index in [0.717, 1.165) is 5.57 Å². The maximum absolute atomic E-state index is 13.8. The lowest BCUT2D eigenvalue weighted by Crippen LogP contribution is -2.63. The summed E-state index contributed by atoms with van der Waals surface area (Å²) >= 11 is 0. The number of nitrogens with zero attached hydrogens (tertiary/aromatic N) is 1. The summed E-state index contributed by atoms with van der Waals surface area (Å²) in [5.41, 5.74) is -2.24. The van der Waals surface area contributed by atoms with Gasteiger partial charge in [-0.2, -0.15) is 0 Å². The molecule has 4 aliphatic rings. The van der Waals surface area contributed by atoms with Crippen molar-refractivity contribution in [3.8, 4) is 0 Å². The van der Waals surface area contributed by atoms with E-state index in [1.165, 1.54) is 0 Å². The lowest BCUT2D eigenvalue weighted by molar-refractivity contribution is -0.757. The zero-order valence-corrected chi connectivity index (χ0v) is 23.5. The summed E-state index contributed by atoms with van der Waals surface area (Å²) in [6.45, 7) is 4.25. The van der Waals surface area contributed by atoms with Crippen LogP contribution in [0, 0.1) is 38.7 Å². The third-order valence-electron chi connectivity index (χ3n) is 9.57. The van der Waals surface area contributed by atoms with Crippen molar-refractivity contribution in [1.82, 2.24) is 0 Å². The Hall–Kier alpha value is -3.48. The summed E-state index contributed by atoms with van der Waals surface area (Å²) in [4.78, 5) is 65.0. The summed E-state index contributed by atoms with van der Waals surface area (Å²) in [7, 11) is 0. The SMILES string of the molecule is CCOC(=O)O[C@]1(C(=O)COC(=O)OCCCO[N+](=O)[O-])CC[C@H]2[C@@H]3CC=C4CC(=O)C=C[C@]4(C)[C@H]3[C@@H](O)C[C@@]21C. The lowest BCUT2D eigenvalue weighted by Gasteiger charge is -2.59. The predicted octanol–water partition coefficient (Wildman–Crippen LogP) is 3.50. The van der Waals surface area contributed by atoms with Crippen LogP contribution in [0.4, 0.5) is 9.59 Å². The summed E-state index contributed by atoms with van der Waals surface area (Å²) in [5.74, 6) is -0.995. The molecule has 0 aromatic heterocycles. The van der Waals surface area contributed by atoms with Crippen LogP contribution in [0.5, 0.6) is 0 Å². The Balaban J connectivity index is 1.54. The largest absolute Gasteiger partial charge is 0.509 e. The molecule has 7 atom stereocenters. The molecule has 13 nitrogen and oxygen atoms in total. The molecule has 226 valence electrons. The van der Waals surface area contributed by atoms with Gasteiger partial charge in [0, 0.05) is 29.6 Å². The lowest BCUT2D eigenvalue weighted by atomic mass is 9.47. The minimum atomic E-state index is -1.72. The molecule has 0 spiro atoms. The van der Waals surface area contributed by atoms with Gasteiger partial charge in [-0.25, -0.2) is 9.59 Å². The first kappa shape index (κ1) is 30.5. The summed E-state index contributed by atoms with van der Waals surface area (Å²) in [5, 5.41) is 20.9. The number of Topliss-reactive ketones (excluding diaryl/α,β-unsaturated/α-hetero) is 1. The van der Waals surface area contributed by atoms with Crippen LogP contribution in [0.3, 0.4) is 0 Å². The molecule has 4 rings (SSSR count). The molecule has 0 aromatic carbocycles. The van der Waals surface area contributed by atoms with Gasteiger partial charge < -0.3 is 28.9 Å². The predicted molar refractivity (Wildman–Crippen MR) is 139 cm³/mol. The van der Waals surface area contributed by atoms with Crippen molar-refractivity contribution >= 4 is 23.9 Å². The maximum atomic E-state index is 13.8. The second kappa shape index (κ2) is 11.8. The van der Waals surface area contributed by atoms with Gasteiger partial charge in [-0.3, -0.25) is 9.59 Å². The Kier molecular flexibility index (Phi) is 8.76. The average Bonchev–Trinajstić information content (AvgIpc) is 3.19. The molecule has 0 bridgehead atoms. The zero-order chi connectivity index (χ0) is 30.0. The molecule has 0 radical (unpaired) electrons. The Bertz CT molecular complexity index is 1150. The first-order valence-electron chi connectivity index (χ1n) is 13.9. The number of allylic oxidation sites excluding steroid dienone is 4. The fourth-order valence-corrected chi connectivity index (χ4v) is 7.83. The molecule has 1 N–H and O–H groups in total. The highest BCUT2D eigenvalue weighted by atomic mass is 16.9. The second-order valence-corrected chi connectivity index (χ2v) is 11.6. The summed E-state index contributed by atoms with van der Waals surface area (Å²) < 4.78 is 20.7. The number of aliphatic hydroxyl groups excluding tert-OH is 1. The van der Waals surface area contributed by atoms with Gasteiger partial charge in [0.2, 0.25) is 5.78 Å². The second-order valence-electron chi connectivity index (χ2n) is 11.6. The van der Waals surface area contributed by atoms with Crippen molar-refractivity contribution < 1.29 is 53.2 Å². The smallest absolute Gasteiger partial charge is 0.435 e. The van der Waals surface area contributed by atoms with Crippen molar-refractivity contribution in [2.45, 2.75) is 71.0 Å². The van der Waals surface area contributed by atoms with Crippen LogP contribution in [0.25, 0.3) is 0 Å². The fraction of sp³-hybridized carbons (Fsp3) is 0.714. The summed E-state index contributed by atoms with van der Waals surface area (Å²) in [6, 6.07) is 0. The fourth-order valence-electron chi connectivity index (χ4n) is 7.83. The topological polar surface area (TPSA) is 178 Å². The molecule has 2 saturated carbocycles. The van der Waals surface area contributed by atoms with Crippen LogP contribution in [0.15, 0.2) is 23.8 Å². The van der Waals surface area contributed by atoms with E-state index in [4.69, 9.17) is 18.9 Å². The molecule has 0 unspecified atom stereocenters. The molecule has 0 aliphatic heterocycles. The van der Waals surface area contributed by atoms with Gasteiger partial charge in [-0.1, -0.05) is 31.6 Å². The van der Waals surface area contributed by atoms with Gasteiger partial charge in [0.05, 0.1) is 25.9 Å². The number of ketones is 2. The first-order valence-corrected chi connectivity index (χ1v) is 13.9. The normalized spacial score (nSPS) is 35.2. The molecule has 0 heterocycles. The van der Waals surface area contributed by atoms with E-state index >= 15 is 0 Å². The van der Waals surface area contributed by atoms with E-state index in [1.807, 2.05) is 19.9 Å². The number of carbonyl (C=O) groups is 4. The van der Waals surface area contributed by atoms with Crippen LogP contribution >= 0.6 is 0 Å². The van der Waals surface area contributed by atoms with E-state index < -0.39 is 52.3 Å². The molecule has 13 heteroatoms. The zero-order valence-electron chi connectivity index (χ0n) is 23.5. The Morgan fingerprint density at radius 1 is 1.15 bits per heavy atom. The number of rotatable bonds is 10. The molecular weight excluding hydrogens is 542 g/mol. The van der Waals surface area contributed by atoms with E-state index in [2.05, 4.69) is 10.9 Å². The van der Waals surface area contributed by atoms with Crippen molar-refractivity contribution in [3.05, 3.63) is 33.9 Å². The highest BCUT2D eigenvalue weighted by Gasteiger charge is 2.70. The van der Waals surface area contributed by atoms with Gasteiger partial charge in [0.15, 0.2) is 18.0 Å². The van der Waals surface area contributed by atoms with Gasteiger partial charge in [-0.05, 0) is 50.5 Å². The molecule has 41 heavy (non-hydrogen) atoms. The van der Waals surface area contributed by atoms with Crippen molar-refractivity contribution in [3.63, 3.8) is 0 Å². The number of hydrogen-bond donors (Lipinski definition) is 1. The average molecular weight is 580 g/mol. The molecule has 2 fully saturated rings. The number of hydrogen-bond acceptors (Lipinski definition) is 12. The highest BCUT2D eigenvalue weighted by molar-refractivity contribution is 5.94. The molecule has 0 amide bonds. The first-order chi connectivity index (χ1) is 19.4. The third kappa shape index (κ3) is 5.55. The maximum Gasteiger partial charge on any atom is 0.509 e. The van der Waals surface area contributed by atoms with Crippen LogP contribution in [-0.4, -0.2) is 72.2 Å².